The van der Waals surface area contributed by atoms with Crippen molar-refractivity contribution in [3.63, 3.8) is 0 Å². The molecule has 0 fully saturated rings. The van der Waals surface area contributed by atoms with E-state index in [4.69, 9.17) is 11.6 Å². The van der Waals surface area contributed by atoms with Crippen LogP contribution in [0.15, 0.2) is 59.9 Å². The molecule has 2 aromatic carbocycles. The number of pyridine rings is 1. The van der Waals surface area contributed by atoms with Crippen LogP contribution >= 0.6 is 11.6 Å². The van der Waals surface area contributed by atoms with Crippen LogP contribution in [0.3, 0.4) is 0 Å². The largest absolute Gasteiger partial charge is 0.324 e. The summed E-state index contributed by atoms with van der Waals surface area (Å²) in [5.74, 6) is -0.0348. The molecule has 0 radical (unpaired) electrons. The molecule has 3 heterocycles. The maximum absolute atomic E-state index is 14.5. The van der Waals surface area contributed by atoms with Gasteiger partial charge in [-0.2, -0.15) is 0 Å². The quantitative estimate of drug-likeness (QED) is 0.432. The van der Waals surface area contributed by atoms with Gasteiger partial charge in [0.2, 0.25) is 0 Å². The predicted molar refractivity (Wildman–Crippen MR) is 117 cm³/mol. The molecule has 2 aromatic heterocycles. The Bertz CT molecular complexity index is 1360. The molecule has 154 valence electrons. The second-order valence-corrected chi connectivity index (χ2v) is 7.55. The van der Waals surface area contributed by atoms with Gasteiger partial charge in [-0.3, -0.25) is 9.98 Å². The van der Waals surface area contributed by atoms with Crippen LogP contribution in [0.2, 0.25) is 5.02 Å². The number of aliphatic imine (C=N–C) groups is 1. The highest BCUT2D eigenvalue weighted by Crippen LogP contribution is 2.36. The van der Waals surface area contributed by atoms with E-state index < -0.39 is 17.7 Å². The van der Waals surface area contributed by atoms with Gasteiger partial charge in [0.25, 0.3) is 0 Å². The maximum atomic E-state index is 14.5. The van der Waals surface area contributed by atoms with Crippen molar-refractivity contribution in [2.45, 2.75) is 19.4 Å². The van der Waals surface area contributed by atoms with E-state index in [0.29, 0.717) is 56.5 Å². The summed E-state index contributed by atoms with van der Waals surface area (Å²) in [5, 5.41) is 4.39. The predicted octanol–water partition coefficient (Wildman–Crippen LogP) is 5.95. The highest BCUT2D eigenvalue weighted by molar-refractivity contribution is 6.33. The molecular formula is C23H16ClF2N5. The van der Waals surface area contributed by atoms with Crippen molar-refractivity contribution in [2.24, 2.45) is 4.99 Å². The fraction of sp³-hybridized carbons (Fsp3) is 0.130. The lowest BCUT2D eigenvalue weighted by Crippen LogP contribution is -2.14. The second kappa shape index (κ2) is 7.67. The minimum atomic E-state index is -0.656. The molecule has 5 nitrogen and oxygen atoms in total. The first kappa shape index (κ1) is 19.5. The van der Waals surface area contributed by atoms with Gasteiger partial charge in [-0.1, -0.05) is 30.7 Å². The van der Waals surface area contributed by atoms with E-state index in [1.807, 2.05) is 25.1 Å². The molecule has 1 aliphatic heterocycles. The van der Waals surface area contributed by atoms with E-state index >= 15 is 0 Å². The topological polar surface area (TPSA) is 63.1 Å². The van der Waals surface area contributed by atoms with Crippen molar-refractivity contribution >= 4 is 34.2 Å². The Morgan fingerprint density at radius 1 is 1.06 bits per heavy atom. The Balaban J connectivity index is 1.66. The van der Waals surface area contributed by atoms with Gasteiger partial charge in [0, 0.05) is 34.3 Å². The highest BCUT2D eigenvalue weighted by atomic mass is 35.5. The van der Waals surface area contributed by atoms with Crippen LogP contribution in [0, 0.1) is 11.6 Å². The Labute approximate surface area is 181 Å². The van der Waals surface area contributed by atoms with Crippen molar-refractivity contribution in [3.05, 3.63) is 82.6 Å². The van der Waals surface area contributed by atoms with E-state index in [2.05, 4.69) is 25.3 Å². The standard InChI is InChI=1S/C23H16ClF2N5/c1-2-18-20-15(9-12(25)10-17(20)26)23(28-18)31-22-14-7-8-27-11-19(14)29-21(30-22)13-5-3-4-6-16(13)24/h3-11,18H,2H2,1H3,(H,28,29,30,31). The summed E-state index contributed by atoms with van der Waals surface area (Å²) in [5.41, 5.74) is 2.05. The summed E-state index contributed by atoms with van der Waals surface area (Å²) in [7, 11) is 0. The normalized spacial score (nSPS) is 15.1. The third-order valence-corrected chi connectivity index (χ3v) is 5.53. The highest BCUT2D eigenvalue weighted by Gasteiger charge is 2.29. The van der Waals surface area contributed by atoms with Gasteiger partial charge in [0.05, 0.1) is 22.8 Å². The molecule has 0 aliphatic carbocycles. The molecule has 31 heavy (non-hydrogen) atoms. The van der Waals surface area contributed by atoms with Gasteiger partial charge in [0.1, 0.15) is 23.3 Å². The molecule has 1 N–H and O–H groups in total. The minimum Gasteiger partial charge on any atom is -0.324 e. The van der Waals surface area contributed by atoms with Crippen LogP contribution in [0.5, 0.6) is 0 Å². The zero-order valence-electron chi connectivity index (χ0n) is 16.4. The third-order valence-electron chi connectivity index (χ3n) is 5.21. The SMILES string of the molecule is CCC1N=C(Nc2nc(-c3ccccc3Cl)nc3cnccc23)c2cc(F)cc(F)c21. The smallest absolute Gasteiger partial charge is 0.163 e. The monoisotopic (exact) mass is 435 g/mol. The van der Waals surface area contributed by atoms with E-state index in [-0.39, 0.29) is 0 Å². The van der Waals surface area contributed by atoms with Gasteiger partial charge < -0.3 is 5.32 Å². The zero-order chi connectivity index (χ0) is 21.5. The molecule has 8 heteroatoms. The van der Waals surface area contributed by atoms with Crippen molar-refractivity contribution in [3.8, 4) is 11.4 Å². The summed E-state index contributed by atoms with van der Waals surface area (Å²) in [6.07, 6.45) is 3.84. The van der Waals surface area contributed by atoms with Crippen molar-refractivity contribution in [1.82, 2.24) is 15.0 Å². The van der Waals surface area contributed by atoms with E-state index in [0.717, 1.165) is 6.07 Å². The lowest BCUT2D eigenvalue weighted by atomic mass is 10.0. The zero-order valence-corrected chi connectivity index (χ0v) is 17.2. The lowest BCUT2D eigenvalue weighted by Gasteiger charge is -2.12. The Hall–Kier alpha value is -3.45. The Morgan fingerprint density at radius 3 is 2.71 bits per heavy atom. The average Bonchev–Trinajstić information content (AvgIpc) is 3.11. The first-order valence-electron chi connectivity index (χ1n) is 9.76. The summed E-state index contributed by atoms with van der Waals surface area (Å²) >= 11 is 6.35. The van der Waals surface area contributed by atoms with E-state index in [9.17, 15) is 8.78 Å². The number of nitrogens with zero attached hydrogens (tertiary/aromatic N) is 4. The number of anilines is 1. The number of rotatable bonds is 3. The Kier molecular flexibility index (Phi) is 4.82. The first-order valence-corrected chi connectivity index (χ1v) is 10.1. The number of nitrogens with one attached hydrogen (secondary N) is 1. The van der Waals surface area contributed by atoms with Crippen LogP contribution in [-0.4, -0.2) is 20.8 Å². The summed E-state index contributed by atoms with van der Waals surface area (Å²) in [6.45, 7) is 1.91. The van der Waals surface area contributed by atoms with Crippen molar-refractivity contribution in [1.29, 1.82) is 0 Å². The van der Waals surface area contributed by atoms with Gasteiger partial charge in [-0.15, -0.1) is 0 Å². The molecule has 1 atom stereocenters. The van der Waals surface area contributed by atoms with E-state index in [1.165, 1.54) is 6.07 Å². The van der Waals surface area contributed by atoms with Crippen LogP contribution in [0.25, 0.3) is 22.3 Å². The fourth-order valence-electron chi connectivity index (χ4n) is 3.76. The molecule has 1 unspecified atom stereocenters. The van der Waals surface area contributed by atoms with Crippen LogP contribution in [0.1, 0.15) is 30.5 Å². The molecule has 0 saturated heterocycles. The van der Waals surface area contributed by atoms with Gasteiger partial charge in [0.15, 0.2) is 5.82 Å². The number of halogens is 3. The molecule has 5 rings (SSSR count). The molecule has 1 aliphatic rings. The van der Waals surface area contributed by atoms with Gasteiger partial charge in [-0.25, -0.2) is 18.7 Å². The number of hydrogen-bond acceptors (Lipinski definition) is 5. The molecule has 0 spiro atoms. The number of aromatic nitrogens is 3. The minimum absolute atomic E-state index is 0.363. The second-order valence-electron chi connectivity index (χ2n) is 7.14. The number of fused-ring (bicyclic) bond motifs is 2. The summed E-state index contributed by atoms with van der Waals surface area (Å²) < 4.78 is 28.5. The van der Waals surface area contributed by atoms with Gasteiger partial charge in [-0.05, 0) is 30.7 Å². The molecule has 0 saturated carbocycles. The molecule has 4 aromatic rings. The first-order chi connectivity index (χ1) is 15.0. The maximum Gasteiger partial charge on any atom is 0.163 e. The number of amidine groups is 1. The molecule has 0 amide bonds. The van der Waals surface area contributed by atoms with Crippen LogP contribution in [0.4, 0.5) is 14.6 Å². The summed E-state index contributed by atoms with van der Waals surface area (Å²) in [4.78, 5) is 18.0. The number of hydrogen-bond donors (Lipinski definition) is 1. The summed E-state index contributed by atoms with van der Waals surface area (Å²) in [6, 6.07) is 10.8. The van der Waals surface area contributed by atoms with E-state index in [1.54, 1.807) is 24.5 Å². The third kappa shape index (κ3) is 3.41. The van der Waals surface area contributed by atoms with Crippen LogP contribution in [-0.2, 0) is 0 Å². The van der Waals surface area contributed by atoms with Crippen molar-refractivity contribution in [2.75, 3.05) is 5.32 Å². The fourth-order valence-corrected chi connectivity index (χ4v) is 3.98. The Morgan fingerprint density at radius 2 is 1.90 bits per heavy atom. The molecule has 0 bridgehead atoms. The lowest BCUT2D eigenvalue weighted by molar-refractivity contribution is 0.556. The average molecular weight is 436 g/mol. The number of benzene rings is 2. The molecular weight excluding hydrogens is 420 g/mol. The van der Waals surface area contributed by atoms with Crippen LogP contribution < -0.4 is 5.32 Å². The van der Waals surface area contributed by atoms with Crippen molar-refractivity contribution < 1.29 is 8.78 Å². The van der Waals surface area contributed by atoms with Gasteiger partial charge >= 0.3 is 0 Å².